The van der Waals surface area contributed by atoms with Gasteiger partial charge in [-0.3, -0.25) is 19.1 Å². The number of carbonyl (C=O) groups excluding carboxylic acids is 2. The average Bonchev–Trinajstić information content (AvgIpc) is 3.95. The summed E-state index contributed by atoms with van der Waals surface area (Å²) in [6.45, 7) is 7.25. The van der Waals surface area contributed by atoms with Crippen LogP contribution >= 0.6 is 22.9 Å². The molecule has 0 bridgehead atoms. The third-order valence-electron chi connectivity index (χ3n) is 13.9. The van der Waals surface area contributed by atoms with Gasteiger partial charge < -0.3 is 19.1 Å². The maximum atomic E-state index is 15.3. The summed E-state index contributed by atoms with van der Waals surface area (Å²) in [5.74, 6) is -1.23. The molecule has 0 unspecified atom stereocenters. The molecule has 7 aromatic rings. The van der Waals surface area contributed by atoms with Crippen molar-refractivity contribution in [2.24, 2.45) is 25.4 Å². The van der Waals surface area contributed by atoms with E-state index in [9.17, 15) is 19.5 Å². The van der Waals surface area contributed by atoms with Gasteiger partial charge in [-0.15, -0.1) is 11.3 Å². The van der Waals surface area contributed by atoms with Crippen LogP contribution in [0.1, 0.15) is 53.3 Å². The number of halogens is 1. The van der Waals surface area contributed by atoms with E-state index in [2.05, 4.69) is 4.98 Å². The Morgan fingerprint density at radius 3 is 2.35 bits per heavy atom. The number of nitrogens with zero attached hydrogens (tertiary/aromatic N) is 8. The summed E-state index contributed by atoms with van der Waals surface area (Å²) in [5, 5.41) is 17.3. The van der Waals surface area contributed by atoms with Crippen molar-refractivity contribution >= 4 is 61.7 Å². The highest BCUT2D eigenvalue weighted by molar-refractivity contribution is 7.22. The SMILES string of the molecule is COc1cc2nc(CCn3c(=O)n4n(c3=O)[C@@H]3C[C@H]5C(=O)N(c6cc(-c7sc8ccc(Cl)cc8c7C)nn6C)C(=O)[C@@]5(C)[C@@H](c5cc(C)c(O)c(C)c5)C3=CC4)c(=O)n(C)c2cc1OC. The molecule has 4 atom stereocenters. The van der Waals surface area contributed by atoms with E-state index < -0.39 is 52.0 Å². The number of imide groups is 1. The summed E-state index contributed by atoms with van der Waals surface area (Å²) in [5.41, 5.74) is 2.40. The number of aromatic hydroxyl groups is 1. The molecule has 3 aliphatic rings. The van der Waals surface area contributed by atoms with Crippen LogP contribution in [0, 0.1) is 32.1 Å². The molecule has 334 valence electrons. The zero-order valence-electron chi connectivity index (χ0n) is 36.9. The van der Waals surface area contributed by atoms with Crippen LogP contribution in [0.2, 0.25) is 5.02 Å². The monoisotopic (exact) mass is 916 g/mol. The largest absolute Gasteiger partial charge is 0.507 e. The third kappa shape index (κ3) is 6.04. The molecule has 1 N–H and O–H groups in total. The van der Waals surface area contributed by atoms with Crippen molar-refractivity contribution in [2.45, 2.75) is 65.6 Å². The predicted octanol–water partition coefficient (Wildman–Crippen LogP) is 6.08. The highest BCUT2D eigenvalue weighted by Gasteiger charge is 2.66. The Kier molecular flexibility index (Phi) is 9.70. The summed E-state index contributed by atoms with van der Waals surface area (Å²) < 4.78 is 18.8. The minimum absolute atomic E-state index is 0.0223. The lowest BCUT2D eigenvalue weighted by molar-refractivity contribution is -0.129. The minimum Gasteiger partial charge on any atom is -0.507 e. The van der Waals surface area contributed by atoms with Gasteiger partial charge in [0.15, 0.2) is 11.5 Å². The maximum Gasteiger partial charge on any atom is 0.347 e. The van der Waals surface area contributed by atoms with Crippen molar-refractivity contribution in [1.82, 2.24) is 33.3 Å². The standard InChI is InChI=1S/C47H45ClN8O8S/c1-22-15-25(16-23(2)40(22)57)39-27-11-14-54-45(61)53(13-12-30-43(59)51(5)34-21-36(64-8)35(63-7)19-31(34)49-30)46(62)56(54)33(27)18-29-42(58)55(44(60)47(29,39)4)38-20-32(50-52(38)6)41-24(3)28-17-26(48)9-10-37(28)65-41/h9-11,15-17,19-21,29,33,39,57H,12-14,18H2,1-8H3/t29-,33+,39-,47+/m0/s1. The van der Waals surface area contributed by atoms with Gasteiger partial charge in [0.1, 0.15) is 23.0 Å². The summed E-state index contributed by atoms with van der Waals surface area (Å²) in [4.78, 5) is 79.6. The number of phenols is 1. The highest BCUT2D eigenvalue weighted by atomic mass is 35.5. The van der Waals surface area contributed by atoms with E-state index in [0.717, 1.165) is 30.7 Å². The number of aryl methyl sites for hydroxylation is 6. The van der Waals surface area contributed by atoms with Crippen LogP contribution in [0.15, 0.2) is 74.6 Å². The lowest BCUT2D eigenvalue weighted by Crippen LogP contribution is -2.49. The lowest BCUT2D eigenvalue weighted by Gasteiger charge is -2.47. The molecule has 2 amide bonds. The van der Waals surface area contributed by atoms with Gasteiger partial charge in [-0.05, 0) is 85.5 Å². The fourth-order valence-corrected chi connectivity index (χ4v) is 11.9. The van der Waals surface area contributed by atoms with E-state index in [4.69, 9.17) is 26.2 Å². The molecule has 1 saturated heterocycles. The zero-order chi connectivity index (χ0) is 46.1. The number of anilines is 1. The van der Waals surface area contributed by atoms with Gasteiger partial charge in [0.25, 0.3) is 5.56 Å². The van der Waals surface area contributed by atoms with Gasteiger partial charge in [0.2, 0.25) is 11.8 Å². The van der Waals surface area contributed by atoms with Gasteiger partial charge >= 0.3 is 11.4 Å². The van der Waals surface area contributed by atoms with Crippen molar-refractivity contribution in [3.63, 3.8) is 0 Å². The van der Waals surface area contributed by atoms with E-state index in [1.165, 1.54) is 33.1 Å². The zero-order valence-corrected chi connectivity index (χ0v) is 38.5. The number of hydrogen-bond acceptors (Lipinski definition) is 11. The molecule has 6 heterocycles. The fourth-order valence-electron chi connectivity index (χ4n) is 10.6. The van der Waals surface area contributed by atoms with Crippen LogP contribution in [0.5, 0.6) is 17.2 Å². The number of benzene rings is 3. The number of methoxy groups -OCH3 is 2. The van der Waals surface area contributed by atoms with Crippen LogP contribution in [0.25, 0.3) is 31.7 Å². The van der Waals surface area contributed by atoms with Crippen LogP contribution in [-0.4, -0.2) is 64.4 Å². The number of allylic oxidation sites excluding steroid dienone is 2. The lowest BCUT2D eigenvalue weighted by atomic mass is 9.56. The third-order valence-corrected chi connectivity index (χ3v) is 15.4. The first-order valence-electron chi connectivity index (χ1n) is 21.1. The first kappa shape index (κ1) is 42.2. The molecule has 18 heteroatoms. The quantitative estimate of drug-likeness (QED) is 0.139. The Morgan fingerprint density at radius 1 is 0.938 bits per heavy atom. The molecule has 1 aliphatic carbocycles. The number of rotatable bonds is 8. The van der Waals surface area contributed by atoms with Crippen molar-refractivity contribution < 1.29 is 24.2 Å². The maximum absolute atomic E-state index is 15.3. The number of hydrogen-bond donors (Lipinski definition) is 1. The number of amides is 2. The predicted molar refractivity (Wildman–Crippen MR) is 247 cm³/mol. The number of fused-ring (bicyclic) bond motifs is 6. The Balaban J connectivity index is 1.05. The van der Waals surface area contributed by atoms with Gasteiger partial charge in [0, 0.05) is 60.9 Å². The second kappa shape index (κ2) is 14.9. The van der Waals surface area contributed by atoms with Gasteiger partial charge in [-0.2, -0.15) is 5.10 Å². The average molecular weight is 917 g/mol. The summed E-state index contributed by atoms with van der Waals surface area (Å²) in [6.07, 6.45) is 1.92. The molecule has 0 spiro atoms. The second-order valence-electron chi connectivity index (χ2n) is 17.4. The van der Waals surface area contributed by atoms with Crippen molar-refractivity contribution in [2.75, 3.05) is 19.1 Å². The molecule has 4 aromatic heterocycles. The van der Waals surface area contributed by atoms with Crippen LogP contribution in [0.3, 0.4) is 0 Å². The van der Waals surface area contributed by atoms with Gasteiger partial charge in [-0.1, -0.05) is 29.8 Å². The topological polar surface area (TPSA) is 178 Å². The molecular weight excluding hydrogens is 872 g/mol. The van der Waals surface area contributed by atoms with E-state index in [1.54, 1.807) is 62.2 Å². The fraction of sp³-hybridized carbons (Fsp3) is 0.340. The number of aromatic nitrogens is 7. The molecule has 16 nitrogen and oxygen atoms in total. The Hall–Kier alpha value is -6.72. The van der Waals surface area contributed by atoms with Crippen LogP contribution < -0.4 is 31.3 Å². The van der Waals surface area contributed by atoms with Crippen LogP contribution in [-0.2, 0) is 43.2 Å². The molecule has 3 aromatic carbocycles. The first-order chi connectivity index (χ1) is 31.0. The summed E-state index contributed by atoms with van der Waals surface area (Å²) in [7, 11) is 6.32. The minimum atomic E-state index is -1.34. The van der Waals surface area contributed by atoms with Crippen molar-refractivity contribution in [3.05, 3.63) is 124 Å². The summed E-state index contributed by atoms with van der Waals surface area (Å²) in [6, 6.07) is 13.7. The molecular formula is C47H45ClN8O8S. The van der Waals surface area contributed by atoms with Gasteiger partial charge in [0.05, 0.1) is 54.0 Å². The summed E-state index contributed by atoms with van der Waals surface area (Å²) >= 11 is 7.90. The van der Waals surface area contributed by atoms with E-state index >= 15 is 9.59 Å². The molecule has 10 rings (SSSR count). The Labute approximate surface area is 380 Å². The van der Waals surface area contributed by atoms with Gasteiger partial charge in [-0.25, -0.2) is 33.4 Å². The Morgan fingerprint density at radius 2 is 1.65 bits per heavy atom. The van der Waals surface area contributed by atoms with Crippen molar-refractivity contribution in [3.8, 4) is 27.8 Å². The molecule has 1 saturated carbocycles. The van der Waals surface area contributed by atoms with E-state index in [0.29, 0.717) is 55.8 Å². The second-order valence-corrected chi connectivity index (χ2v) is 18.9. The smallest absolute Gasteiger partial charge is 0.347 e. The van der Waals surface area contributed by atoms with E-state index in [-0.39, 0.29) is 37.4 Å². The molecule has 2 fully saturated rings. The molecule has 0 radical (unpaired) electrons. The number of ether oxygens (including phenoxy) is 2. The van der Waals surface area contributed by atoms with Crippen molar-refractivity contribution in [1.29, 1.82) is 0 Å². The highest BCUT2D eigenvalue weighted by Crippen LogP contribution is 2.61. The number of carbonyl (C=O) groups is 2. The Bertz CT molecular complexity index is 3440. The van der Waals surface area contributed by atoms with Crippen LogP contribution in [0.4, 0.5) is 5.82 Å². The number of thiophene rings is 1. The number of phenolic OH excluding ortho intramolecular Hbond substituents is 1. The normalized spacial score (nSPS) is 20.4. The molecule has 65 heavy (non-hydrogen) atoms. The first-order valence-corrected chi connectivity index (χ1v) is 22.3. The molecule has 2 aliphatic heterocycles. The van der Waals surface area contributed by atoms with E-state index in [1.807, 2.05) is 50.3 Å².